The van der Waals surface area contributed by atoms with Gasteiger partial charge < -0.3 is 10.1 Å². The maximum atomic E-state index is 13.6. The van der Waals surface area contributed by atoms with E-state index in [1.165, 1.54) is 12.5 Å². The fraction of sp³-hybridized carbons (Fsp3) is 0.571. The molecule has 1 fully saturated rings. The van der Waals surface area contributed by atoms with Crippen LogP contribution in [0.5, 0.6) is 5.75 Å². The van der Waals surface area contributed by atoms with E-state index >= 15 is 0 Å². The topological polar surface area (TPSA) is 21.3 Å². The van der Waals surface area contributed by atoms with Crippen LogP contribution in [0.1, 0.15) is 25.8 Å². The molecule has 94 valence electrons. The summed E-state index contributed by atoms with van der Waals surface area (Å²) in [7, 11) is 1.54. The summed E-state index contributed by atoms with van der Waals surface area (Å²) in [4.78, 5) is 0. The summed E-state index contributed by atoms with van der Waals surface area (Å²) in [6.07, 6.45) is 1.27. The Morgan fingerprint density at radius 3 is 2.71 bits per heavy atom. The first-order valence-corrected chi connectivity index (χ1v) is 6.06. The zero-order chi connectivity index (χ0) is 12.5. The van der Waals surface area contributed by atoms with E-state index in [9.17, 15) is 4.39 Å². The molecule has 1 aromatic rings. The smallest absolute Gasteiger partial charge is 0.131 e. The summed E-state index contributed by atoms with van der Waals surface area (Å²) in [5, 5.41) is 3.32. The van der Waals surface area contributed by atoms with E-state index in [1.807, 2.05) is 0 Å². The van der Waals surface area contributed by atoms with Gasteiger partial charge in [0.15, 0.2) is 0 Å². The molecule has 2 nitrogen and oxygen atoms in total. The zero-order valence-electron chi connectivity index (χ0n) is 10.7. The van der Waals surface area contributed by atoms with E-state index in [0.717, 1.165) is 12.5 Å². The van der Waals surface area contributed by atoms with Crippen LogP contribution in [-0.4, -0.2) is 13.7 Å². The van der Waals surface area contributed by atoms with Crippen LogP contribution in [0.15, 0.2) is 18.2 Å². The highest BCUT2D eigenvalue weighted by molar-refractivity contribution is 5.28. The van der Waals surface area contributed by atoms with Crippen molar-refractivity contribution in [3.8, 4) is 5.75 Å². The molecule has 1 N–H and O–H groups in total. The lowest BCUT2D eigenvalue weighted by Gasteiger charge is -2.08. The van der Waals surface area contributed by atoms with Crippen LogP contribution in [0.3, 0.4) is 0 Å². The molecule has 0 heterocycles. The van der Waals surface area contributed by atoms with Crippen molar-refractivity contribution >= 4 is 0 Å². The van der Waals surface area contributed by atoms with Gasteiger partial charge in [0, 0.05) is 18.2 Å². The van der Waals surface area contributed by atoms with E-state index in [0.29, 0.717) is 23.3 Å². The fourth-order valence-electron chi connectivity index (χ4n) is 2.10. The summed E-state index contributed by atoms with van der Waals surface area (Å²) < 4.78 is 18.6. The normalized spacial score (nSPS) is 21.3. The van der Waals surface area contributed by atoms with Crippen LogP contribution >= 0.6 is 0 Å². The molecule has 1 unspecified atom stereocenters. The van der Waals surface area contributed by atoms with Crippen molar-refractivity contribution < 1.29 is 9.13 Å². The molecule has 0 bridgehead atoms. The maximum Gasteiger partial charge on any atom is 0.131 e. The molecule has 1 saturated carbocycles. The first-order chi connectivity index (χ1) is 8.03. The highest BCUT2D eigenvalue weighted by Crippen LogP contribution is 2.50. The Balaban J connectivity index is 1.83. The molecule has 0 aromatic heterocycles. The number of benzene rings is 1. The van der Waals surface area contributed by atoms with Gasteiger partial charge in [-0.3, -0.25) is 0 Å². The molecule has 1 aliphatic carbocycles. The van der Waals surface area contributed by atoms with Crippen molar-refractivity contribution in [1.29, 1.82) is 0 Å². The second-order valence-corrected chi connectivity index (χ2v) is 5.48. The predicted octanol–water partition coefficient (Wildman–Crippen LogP) is 2.97. The molecule has 2 rings (SSSR count). The van der Waals surface area contributed by atoms with E-state index in [-0.39, 0.29) is 5.82 Å². The number of methoxy groups -OCH3 is 1. The quantitative estimate of drug-likeness (QED) is 0.850. The van der Waals surface area contributed by atoms with Crippen LogP contribution in [0, 0.1) is 17.2 Å². The molecule has 3 heteroatoms. The number of hydrogen-bond donors (Lipinski definition) is 1. The molecule has 1 atom stereocenters. The monoisotopic (exact) mass is 237 g/mol. The summed E-state index contributed by atoms with van der Waals surface area (Å²) in [5.74, 6) is 1.10. The lowest BCUT2D eigenvalue weighted by molar-refractivity contribution is 0.410. The Morgan fingerprint density at radius 2 is 2.18 bits per heavy atom. The van der Waals surface area contributed by atoms with E-state index in [2.05, 4.69) is 19.2 Å². The minimum Gasteiger partial charge on any atom is -0.497 e. The molecular formula is C14H20FNO. The first kappa shape index (κ1) is 12.4. The van der Waals surface area contributed by atoms with Gasteiger partial charge in [0.05, 0.1) is 7.11 Å². The Kier molecular flexibility index (Phi) is 3.38. The van der Waals surface area contributed by atoms with Crippen LogP contribution in [0.25, 0.3) is 0 Å². The molecule has 0 saturated heterocycles. The standard InChI is InChI=1S/C14H20FNO/c1-14(2)7-11(14)9-16-8-10-4-5-12(17-3)6-13(10)15/h4-6,11,16H,7-9H2,1-3H3. The number of ether oxygens (including phenoxy) is 1. The highest BCUT2D eigenvalue weighted by Gasteiger charge is 2.44. The maximum absolute atomic E-state index is 13.6. The van der Waals surface area contributed by atoms with Crippen molar-refractivity contribution in [2.75, 3.05) is 13.7 Å². The predicted molar refractivity (Wildman–Crippen MR) is 66.5 cm³/mol. The van der Waals surface area contributed by atoms with Gasteiger partial charge in [-0.25, -0.2) is 4.39 Å². The summed E-state index contributed by atoms with van der Waals surface area (Å²) in [5.41, 5.74) is 1.18. The highest BCUT2D eigenvalue weighted by atomic mass is 19.1. The van der Waals surface area contributed by atoms with E-state index < -0.39 is 0 Å². The Morgan fingerprint density at radius 1 is 1.47 bits per heavy atom. The van der Waals surface area contributed by atoms with Gasteiger partial charge in [0.2, 0.25) is 0 Å². The van der Waals surface area contributed by atoms with Gasteiger partial charge in [-0.1, -0.05) is 19.9 Å². The summed E-state index contributed by atoms with van der Waals surface area (Å²) in [6.45, 7) is 6.10. The van der Waals surface area contributed by atoms with Crippen molar-refractivity contribution in [2.24, 2.45) is 11.3 Å². The largest absolute Gasteiger partial charge is 0.497 e. The SMILES string of the molecule is COc1ccc(CNCC2CC2(C)C)c(F)c1. The molecule has 1 aliphatic rings. The number of rotatable bonds is 5. The molecule has 0 radical (unpaired) electrons. The lowest BCUT2D eigenvalue weighted by Crippen LogP contribution is -2.18. The second kappa shape index (κ2) is 4.65. The number of nitrogens with one attached hydrogen (secondary N) is 1. The van der Waals surface area contributed by atoms with Crippen LogP contribution in [0.2, 0.25) is 0 Å². The van der Waals surface area contributed by atoms with Gasteiger partial charge in [-0.05, 0) is 30.4 Å². The number of hydrogen-bond acceptors (Lipinski definition) is 2. The number of halogens is 1. The average molecular weight is 237 g/mol. The van der Waals surface area contributed by atoms with Gasteiger partial charge in [-0.15, -0.1) is 0 Å². The molecule has 0 amide bonds. The van der Waals surface area contributed by atoms with Crippen LogP contribution in [0.4, 0.5) is 4.39 Å². The summed E-state index contributed by atoms with van der Waals surface area (Å²) in [6, 6.07) is 5.00. The Labute approximate surface area is 102 Å². The third-order valence-electron chi connectivity index (χ3n) is 3.68. The van der Waals surface area contributed by atoms with Crippen molar-refractivity contribution in [3.63, 3.8) is 0 Å². The van der Waals surface area contributed by atoms with Gasteiger partial charge in [0.1, 0.15) is 11.6 Å². The first-order valence-electron chi connectivity index (χ1n) is 6.06. The average Bonchev–Trinajstić information content (AvgIpc) is 2.89. The summed E-state index contributed by atoms with van der Waals surface area (Å²) >= 11 is 0. The molecular weight excluding hydrogens is 217 g/mol. The minimum atomic E-state index is -0.202. The van der Waals surface area contributed by atoms with Gasteiger partial charge >= 0.3 is 0 Å². The third-order valence-corrected chi connectivity index (χ3v) is 3.68. The van der Waals surface area contributed by atoms with E-state index in [4.69, 9.17) is 4.74 Å². The van der Waals surface area contributed by atoms with Crippen LogP contribution in [-0.2, 0) is 6.54 Å². The van der Waals surface area contributed by atoms with Crippen molar-refractivity contribution in [1.82, 2.24) is 5.32 Å². The third kappa shape index (κ3) is 2.97. The van der Waals surface area contributed by atoms with Crippen LogP contribution < -0.4 is 10.1 Å². The van der Waals surface area contributed by atoms with E-state index in [1.54, 1.807) is 19.2 Å². The molecule has 1 aromatic carbocycles. The Hall–Kier alpha value is -1.09. The minimum absolute atomic E-state index is 0.202. The fourth-order valence-corrected chi connectivity index (χ4v) is 2.10. The second-order valence-electron chi connectivity index (χ2n) is 5.48. The lowest BCUT2D eigenvalue weighted by atomic mass is 10.1. The molecule has 0 aliphatic heterocycles. The molecule has 17 heavy (non-hydrogen) atoms. The van der Waals surface area contributed by atoms with Gasteiger partial charge in [-0.2, -0.15) is 0 Å². The van der Waals surface area contributed by atoms with Crippen molar-refractivity contribution in [2.45, 2.75) is 26.8 Å². The zero-order valence-corrected chi connectivity index (χ0v) is 10.7. The van der Waals surface area contributed by atoms with Crippen molar-refractivity contribution in [3.05, 3.63) is 29.6 Å². The van der Waals surface area contributed by atoms with Gasteiger partial charge in [0.25, 0.3) is 0 Å². The Bertz CT molecular complexity index is 403. The molecule has 0 spiro atoms.